The Morgan fingerprint density at radius 2 is 2.23 bits per heavy atom. The van der Waals surface area contributed by atoms with Crippen LogP contribution >= 0.6 is 0 Å². The molecule has 0 saturated heterocycles. The lowest BCUT2D eigenvalue weighted by Gasteiger charge is -2.29. The van der Waals surface area contributed by atoms with E-state index in [0.717, 1.165) is 25.1 Å². The van der Waals surface area contributed by atoms with Crippen LogP contribution in [-0.2, 0) is 4.79 Å². The van der Waals surface area contributed by atoms with Crippen LogP contribution in [0.15, 0.2) is 24.3 Å². The van der Waals surface area contributed by atoms with E-state index in [9.17, 15) is 4.79 Å². The maximum Gasteiger partial charge on any atom is 0.214 e. The third-order valence-corrected chi connectivity index (χ3v) is 2.71. The molecule has 2 nitrogen and oxygen atoms in total. The van der Waals surface area contributed by atoms with Crippen molar-refractivity contribution in [1.82, 2.24) is 0 Å². The highest BCUT2D eigenvalue weighted by atomic mass is 16.1. The topological polar surface area (TPSA) is 20.3 Å². The molecule has 1 aliphatic rings. The summed E-state index contributed by atoms with van der Waals surface area (Å²) in [5, 5.41) is 0. The molecule has 1 atom stereocenters. The molecule has 1 aromatic carbocycles. The van der Waals surface area contributed by atoms with Crippen LogP contribution in [0.4, 0.5) is 5.69 Å². The van der Waals surface area contributed by atoms with Crippen molar-refractivity contribution < 1.29 is 4.79 Å². The number of para-hydroxylation sites is 1. The molecule has 0 aromatic heterocycles. The second-order valence-electron chi connectivity index (χ2n) is 3.55. The minimum atomic E-state index is 0.576. The van der Waals surface area contributed by atoms with Gasteiger partial charge in [0.1, 0.15) is 0 Å². The molecule has 2 heteroatoms. The van der Waals surface area contributed by atoms with Crippen LogP contribution in [-0.4, -0.2) is 13.0 Å². The number of anilines is 1. The molecule has 0 radical (unpaired) electrons. The number of rotatable bonds is 1. The number of fused-ring (bicyclic) bond motifs is 1. The molecule has 0 fully saturated rings. The number of nitrogens with zero attached hydrogens (tertiary/aromatic N) is 1. The Balaban J connectivity index is 2.47. The Bertz CT molecular complexity index is 322. The van der Waals surface area contributed by atoms with Gasteiger partial charge in [0.05, 0.1) is 0 Å². The molecule has 2 rings (SSSR count). The van der Waals surface area contributed by atoms with Crippen molar-refractivity contribution in [3.63, 3.8) is 0 Å². The predicted molar refractivity (Wildman–Crippen MR) is 52.9 cm³/mol. The second kappa shape index (κ2) is 3.21. The first kappa shape index (κ1) is 8.30. The van der Waals surface area contributed by atoms with Crippen molar-refractivity contribution in [2.24, 2.45) is 0 Å². The fourth-order valence-corrected chi connectivity index (χ4v) is 1.88. The molecular weight excluding hydrogens is 162 g/mol. The van der Waals surface area contributed by atoms with Crippen LogP contribution in [0.1, 0.15) is 24.8 Å². The van der Waals surface area contributed by atoms with Gasteiger partial charge in [-0.15, -0.1) is 0 Å². The summed E-state index contributed by atoms with van der Waals surface area (Å²) in [4.78, 5) is 12.5. The van der Waals surface area contributed by atoms with Crippen LogP contribution in [0, 0.1) is 0 Å². The number of carbonyl (C=O) groups is 1. The summed E-state index contributed by atoms with van der Waals surface area (Å²) in [7, 11) is 0. The number of benzene rings is 1. The van der Waals surface area contributed by atoms with Gasteiger partial charge in [0.2, 0.25) is 6.41 Å². The summed E-state index contributed by atoms with van der Waals surface area (Å²) < 4.78 is 0. The van der Waals surface area contributed by atoms with Gasteiger partial charge in [0, 0.05) is 12.2 Å². The number of carbonyl (C=O) groups excluding carboxylic acids is 1. The van der Waals surface area contributed by atoms with E-state index >= 15 is 0 Å². The van der Waals surface area contributed by atoms with Gasteiger partial charge in [-0.3, -0.25) is 4.79 Å². The highest BCUT2D eigenvalue weighted by Gasteiger charge is 2.20. The maximum absolute atomic E-state index is 10.8. The summed E-state index contributed by atoms with van der Waals surface area (Å²) in [6.45, 7) is 3.06. The minimum absolute atomic E-state index is 0.576. The van der Waals surface area contributed by atoms with Crippen molar-refractivity contribution in [3.05, 3.63) is 29.8 Å². The largest absolute Gasteiger partial charge is 0.315 e. The first-order chi connectivity index (χ1) is 6.33. The molecule has 0 N–H and O–H groups in total. The van der Waals surface area contributed by atoms with E-state index in [0.29, 0.717) is 5.92 Å². The van der Waals surface area contributed by atoms with E-state index in [-0.39, 0.29) is 0 Å². The van der Waals surface area contributed by atoms with Crippen LogP contribution < -0.4 is 4.90 Å². The van der Waals surface area contributed by atoms with Gasteiger partial charge in [0.25, 0.3) is 0 Å². The molecule has 0 aliphatic carbocycles. The lowest BCUT2D eigenvalue weighted by Crippen LogP contribution is -2.28. The van der Waals surface area contributed by atoms with Gasteiger partial charge in [0.15, 0.2) is 0 Å². The maximum atomic E-state index is 10.8. The summed E-state index contributed by atoms with van der Waals surface area (Å²) in [6, 6.07) is 8.13. The first-order valence-electron chi connectivity index (χ1n) is 4.64. The van der Waals surface area contributed by atoms with Crippen molar-refractivity contribution in [2.75, 3.05) is 11.4 Å². The lowest BCUT2D eigenvalue weighted by atomic mass is 9.92. The Morgan fingerprint density at radius 3 is 3.00 bits per heavy atom. The average molecular weight is 175 g/mol. The van der Waals surface area contributed by atoms with E-state index < -0.39 is 0 Å². The molecule has 0 bridgehead atoms. The molecule has 1 amide bonds. The van der Waals surface area contributed by atoms with Gasteiger partial charge >= 0.3 is 0 Å². The highest BCUT2D eigenvalue weighted by Crippen LogP contribution is 2.33. The fraction of sp³-hybridized carbons (Fsp3) is 0.364. The molecule has 1 unspecified atom stereocenters. The van der Waals surface area contributed by atoms with Gasteiger partial charge < -0.3 is 4.90 Å². The Kier molecular flexibility index (Phi) is 2.05. The molecule has 13 heavy (non-hydrogen) atoms. The predicted octanol–water partition coefficient (Wildman–Crippen LogP) is 2.16. The summed E-state index contributed by atoms with van der Waals surface area (Å²) >= 11 is 0. The van der Waals surface area contributed by atoms with E-state index in [4.69, 9.17) is 0 Å². The molecule has 0 saturated carbocycles. The van der Waals surface area contributed by atoms with Gasteiger partial charge in [-0.2, -0.15) is 0 Å². The third-order valence-electron chi connectivity index (χ3n) is 2.71. The lowest BCUT2D eigenvalue weighted by molar-refractivity contribution is -0.107. The zero-order chi connectivity index (χ0) is 9.26. The summed E-state index contributed by atoms with van der Waals surface area (Å²) in [6.07, 6.45) is 1.99. The van der Waals surface area contributed by atoms with E-state index in [1.807, 2.05) is 18.2 Å². The van der Waals surface area contributed by atoms with Crippen molar-refractivity contribution in [2.45, 2.75) is 19.3 Å². The fourth-order valence-electron chi connectivity index (χ4n) is 1.88. The number of amides is 1. The number of hydrogen-bond donors (Lipinski definition) is 0. The summed E-state index contributed by atoms with van der Waals surface area (Å²) in [5.41, 5.74) is 2.37. The normalized spacial score (nSPS) is 21.0. The number of hydrogen-bond acceptors (Lipinski definition) is 1. The summed E-state index contributed by atoms with van der Waals surface area (Å²) in [5.74, 6) is 0.576. The van der Waals surface area contributed by atoms with Crippen molar-refractivity contribution >= 4 is 12.1 Å². The van der Waals surface area contributed by atoms with E-state index in [2.05, 4.69) is 13.0 Å². The second-order valence-corrected chi connectivity index (χ2v) is 3.55. The first-order valence-corrected chi connectivity index (χ1v) is 4.64. The van der Waals surface area contributed by atoms with Gasteiger partial charge in [-0.05, 0) is 24.0 Å². The SMILES string of the molecule is CC1CCN(C=O)c2ccccc21. The Hall–Kier alpha value is -1.31. The molecular formula is C11H13NO. The highest BCUT2D eigenvalue weighted by molar-refractivity contribution is 5.78. The van der Waals surface area contributed by atoms with E-state index in [1.165, 1.54) is 5.56 Å². The minimum Gasteiger partial charge on any atom is -0.315 e. The molecule has 0 spiro atoms. The van der Waals surface area contributed by atoms with Crippen molar-refractivity contribution in [3.8, 4) is 0 Å². The van der Waals surface area contributed by atoms with Crippen molar-refractivity contribution in [1.29, 1.82) is 0 Å². The van der Waals surface area contributed by atoms with Crippen LogP contribution in [0.5, 0.6) is 0 Å². The molecule has 1 heterocycles. The van der Waals surface area contributed by atoms with Crippen LogP contribution in [0.25, 0.3) is 0 Å². The smallest absolute Gasteiger partial charge is 0.214 e. The standard InChI is InChI=1S/C11H13NO/c1-9-6-7-12(8-13)11-5-3-2-4-10(9)11/h2-5,8-9H,6-7H2,1H3. The van der Waals surface area contributed by atoms with Crippen LogP contribution in [0.2, 0.25) is 0 Å². The molecule has 1 aromatic rings. The van der Waals surface area contributed by atoms with Gasteiger partial charge in [-0.25, -0.2) is 0 Å². The molecule has 1 aliphatic heterocycles. The van der Waals surface area contributed by atoms with Crippen LogP contribution in [0.3, 0.4) is 0 Å². The van der Waals surface area contributed by atoms with E-state index in [1.54, 1.807) is 4.90 Å². The zero-order valence-electron chi connectivity index (χ0n) is 7.73. The average Bonchev–Trinajstić information content (AvgIpc) is 2.19. The Morgan fingerprint density at radius 1 is 1.46 bits per heavy atom. The Labute approximate surface area is 78.2 Å². The zero-order valence-corrected chi connectivity index (χ0v) is 7.73. The quantitative estimate of drug-likeness (QED) is 0.599. The third kappa shape index (κ3) is 1.32. The monoisotopic (exact) mass is 175 g/mol. The van der Waals surface area contributed by atoms with Gasteiger partial charge in [-0.1, -0.05) is 25.1 Å². The molecule has 68 valence electrons.